The summed E-state index contributed by atoms with van der Waals surface area (Å²) in [6.45, 7) is 14.9. The van der Waals surface area contributed by atoms with E-state index in [1.807, 2.05) is 6.92 Å². The number of carboxylic acid groups (broad SMARTS) is 1. The van der Waals surface area contributed by atoms with Crippen LogP contribution in [0.1, 0.15) is 60.8 Å². The second kappa shape index (κ2) is 7.59. The van der Waals surface area contributed by atoms with Gasteiger partial charge in [-0.25, -0.2) is 0 Å². The van der Waals surface area contributed by atoms with E-state index in [2.05, 4.69) is 44.8 Å². The van der Waals surface area contributed by atoms with E-state index in [0.29, 0.717) is 24.3 Å². The number of nitrogens with zero attached hydrogens (tertiary/aromatic N) is 1. The average molecular weight is 298 g/mol. The molecule has 0 aliphatic heterocycles. The highest BCUT2D eigenvalue weighted by Gasteiger charge is 2.40. The minimum atomic E-state index is -0.813. The zero-order chi connectivity index (χ0) is 16.2. The monoisotopic (exact) mass is 298 g/mol. The number of aliphatic carboxylic acids is 1. The normalized spacial score (nSPS) is 20.0. The van der Waals surface area contributed by atoms with Crippen molar-refractivity contribution in [1.82, 2.24) is 10.2 Å². The van der Waals surface area contributed by atoms with Crippen molar-refractivity contribution in [1.29, 1.82) is 0 Å². The van der Waals surface area contributed by atoms with Crippen LogP contribution in [0.4, 0.5) is 0 Å². The van der Waals surface area contributed by atoms with Crippen LogP contribution in [0.3, 0.4) is 0 Å². The van der Waals surface area contributed by atoms with Crippen LogP contribution in [-0.2, 0) is 4.79 Å². The molecule has 0 spiro atoms. The highest BCUT2D eigenvalue weighted by molar-refractivity contribution is 5.78. The first-order valence-corrected chi connectivity index (χ1v) is 8.39. The zero-order valence-corrected chi connectivity index (χ0v) is 14.6. The number of hydrogen-bond donors (Lipinski definition) is 2. The Balaban J connectivity index is 2.70. The lowest BCUT2D eigenvalue weighted by atomic mass is 9.92. The summed E-state index contributed by atoms with van der Waals surface area (Å²) in [4.78, 5) is 14.2. The van der Waals surface area contributed by atoms with Gasteiger partial charge in [-0.3, -0.25) is 10.1 Å². The van der Waals surface area contributed by atoms with Gasteiger partial charge in [-0.1, -0.05) is 27.7 Å². The maximum absolute atomic E-state index is 11.7. The lowest BCUT2D eigenvalue weighted by molar-refractivity contribution is -0.145. The summed E-state index contributed by atoms with van der Waals surface area (Å²) in [7, 11) is 0. The van der Waals surface area contributed by atoms with E-state index in [-0.39, 0.29) is 6.04 Å². The third-order valence-corrected chi connectivity index (χ3v) is 4.10. The van der Waals surface area contributed by atoms with Crippen molar-refractivity contribution in [2.24, 2.45) is 11.8 Å². The Labute approximate surface area is 130 Å². The van der Waals surface area contributed by atoms with E-state index < -0.39 is 11.5 Å². The van der Waals surface area contributed by atoms with E-state index in [9.17, 15) is 9.90 Å². The van der Waals surface area contributed by atoms with Crippen molar-refractivity contribution in [3.8, 4) is 0 Å². The molecular weight excluding hydrogens is 264 g/mol. The Morgan fingerprint density at radius 2 is 1.67 bits per heavy atom. The van der Waals surface area contributed by atoms with Gasteiger partial charge >= 0.3 is 5.97 Å². The molecule has 0 aromatic rings. The number of carbonyl (C=O) groups is 1. The molecule has 21 heavy (non-hydrogen) atoms. The molecule has 2 unspecified atom stereocenters. The fraction of sp³-hybridized carbons (Fsp3) is 0.941. The van der Waals surface area contributed by atoms with Crippen LogP contribution in [0.5, 0.6) is 0 Å². The van der Waals surface area contributed by atoms with Gasteiger partial charge < -0.3 is 10.0 Å². The topological polar surface area (TPSA) is 52.6 Å². The van der Waals surface area contributed by atoms with Crippen LogP contribution in [0.2, 0.25) is 0 Å². The SMILES string of the molecule is CC(C)CN(CC(C)C)C(C)CC(C)(NC1CC1)C(=O)O. The second-order valence-corrected chi connectivity index (χ2v) is 7.85. The quantitative estimate of drug-likeness (QED) is 0.651. The van der Waals surface area contributed by atoms with Gasteiger partial charge in [0.05, 0.1) is 0 Å². The fourth-order valence-corrected chi connectivity index (χ4v) is 2.98. The van der Waals surface area contributed by atoms with Gasteiger partial charge in [0.15, 0.2) is 0 Å². The summed E-state index contributed by atoms with van der Waals surface area (Å²) in [6, 6.07) is 0.670. The van der Waals surface area contributed by atoms with Crippen molar-refractivity contribution >= 4 is 5.97 Å². The largest absolute Gasteiger partial charge is 0.480 e. The Hall–Kier alpha value is -0.610. The van der Waals surface area contributed by atoms with Crippen molar-refractivity contribution < 1.29 is 9.90 Å². The van der Waals surface area contributed by atoms with Gasteiger partial charge in [-0.2, -0.15) is 0 Å². The molecule has 1 saturated carbocycles. The van der Waals surface area contributed by atoms with Crippen LogP contribution >= 0.6 is 0 Å². The molecule has 4 nitrogen and oxygen atoms in total. The molecule has 2 atom stereocenters. The van der Waals surface area contributed by atoms with Crippen molar-refractivity contribution in [2.75, 3.05) is 13.1 Å². The fourth-order valence-electron chi connectivity index (χ4n) is 2.98. The number of carboxylic acids is 1. The summed E-state index contributed by atoms with van der Waals surface area (Å²) in [6.07, 6.45) is 2.87. The van der Waals surface area contributed by atoms with Crippen LogP contribution in [0.25, 0.3) is 0 Å². The standard InChI is InChI=1S/C17H34N2O2/c1-12(2)10-19(11-13(3)4)14(5)9-17(6,16(20)21)18-15-7-8-15/h12-15,18H,7-11H2,1-6H3,(H,20,21). The Bertz CT molecular complexity index is 330. The first kappa shape index (κ1) is 18.4. The molecule has 2 N–H and O–H groups in total. The van der Waals surface area contributed by atoms with Crippen LogP contribution < -0.4 is 5.32 Å². The molecule has 0 amide bonds. The predicted molar refractivity (Wildman–Crippen MR) is 87.5 cm³/mol. The highest BCUT2D eigenvalue weighted by atomic mass is 16.4. The molecule has 4 heteroatoms. The van der Waals surface area contributed by atoms with E-state index in [4.69, 9.17) is 0 Å². The number of nitrogens with one attached hydrogen (secondary N) is 1. The molecule has 1 aliphatic rings. The lowest BCUT2D eigenvalue weighted by Crippen LogP contribution is -2.54. The van der Waals surface area contributed by atoms with Crippen molar-refractivity contribution in [3.63, 3.8) is 0 Å². The van der Waals surface area contributed by atoms with Gasteiger partial charge in [-0.15, -0.1) is 0 Å². The Morgan fingerprint density at radius 1 is 1.19 bits per heavy atom. The van der Waals surface area contributed by atoms with Gasteiger partial charge in [0.1, 0.15) is 5.54 Å². The molecule has 0 aromatic heterocycles. The van der Waals surface area contributed by atoms with E-state index in [1.54, 1.807) is 0 Å². The molecule has 0 bridgehead atoms. The van der Waals surface area contributed by atoms with Crippen LogP contribution in [-0.4, -0.2) is 46.7 Å². The maximum atomic E-state index is 11.7. The van der Waals surface area contributed by atoms with Crippen molar-refractivity contribution in [3.05, 3.63) is 0 Å². The number of hydrogen-bond acceptors (Lipinski definition) is 3. The minimum absolute atomic E-state index is 0.266. The zero-order valence-electron chi connectivity index (χ0n) is 14.6. The first-order valence-electron chi connectivity index (χ1n) is 8.39. The van der Waals surface area contributed by atoms with Gasteiger partial charge in [0.25, 0.3) is 0 Å². The third kappa shape index (κ3) is 6.35. The second-order valence-electron chi connectivity index (χ2n) is 7.85. The molecule has 1 aliphatic carbocycles. The molecule has 1 rings (SSSR count). The maximum Gasteiger partial charge on any atom is 0.323 e. The molecule has 0 aromatic carbocycles. The predicted octanol–water partition coefficient (Wildman–Crippen LogP) is 2.97. The summed E-state index contributed by atoms with van der Waals surface area (Å²) >= 11 is 0. The molecular formula is C17H34N2O2. The first-order chi connectivity index (χ1) is 9.64. The van der Waals surface area contributed by atoms with Gasteiger partial charge in [0.2, 0.25) is 0 Å². The molecule has 0 saturated heterocycles. The summed E-state index contributed by atoms with van der Waals surface area (Å²) < 4.78 is 0. The van der Waals surface area contributed by atoms with Gasteiger partial charge in [0, 0.05) is 25.2 Å². The Kier molecular flexibility index (Phi) is 6.67. The lowest BCUT2D eigenvalue weighted by Gasteiger charge is -2.37. The van der Waals surface area contributed by atoms with E-state index in [1.165, 1.54) is 0 Å². The van der Waals surface area contributed by atoms with Gasteiger partial charge in [-0.05, 0) is 44.9 Å². The third-order valence-electron chi connectivity index (χ3n) is 4.10. The molecule has 0 radical (unpaired) electrons. The summed E-state index contributed by atoms with van der Waals surface area (Å²) in [5.41, 5.74) is -0.813. The Morgan fingerprint density at radius 3 is 2.00 bits per heavy atom. The smallest absolute Gasteiger partial charge is 0.323 e. The summed E-state index contributed by atoms with van der Waals surface area (Å²) in [5, 5.41) is 13.0. The van der Waals surface area contributed by atoms with E-state index in [0.717, 1.165) is 25.9 Å². The molecule has 124 valence electrons. The molecule has 0 heterocycles. The number of rotatable bonds is 10. The summed E-state index contributed by atoms with van der Waals surface area (Å²) in [5.74, 6) is 0.465. The van der Waals surface area contributed by atoms with Crippen LogP contribution in [0, 0.1) is 11.8 Å². The average Bonchev–Trinajstić information content (AvgIpc) is 3.10. The van der Waals surface area contributed by atoms with E-state index >= 15 is 0 Å². The highest BCUT2D eigenvalue weighted by Crippen LogP contribution is 2.26. The van der Waals surface area contributed by atoms with Crippen LogP contribution in [0.15, 0.2) is 0 Å². The molecule has 1 fully saturated rings. The van der Waals surface area contributed by atoms with Crippen molar-refractivity contribution in [2.45, 2.75) is 78.4 Å². The minimum Gasteiger partial charge on any atom is -0.480 e.